The van der Waals surface area contributed by atoms with Gasteiger partial charge in [0.15, 0.2) is 0 Å². The lowest BCUT2D eigenvalue weighted by Gasteiger charge is -2.36. The van der Waals surface area contributed by atoms with Crippen LogP contribution in [0.3, 0.4) is 0 Å². The summed E-state index contributed by atoms with van der Waals surface area (Å²) in [5.74, 6) is 0.737. The summed E-state index contributed by atoms with van der Waals surface area (Å²) in [4.78, 5) is 5.10. The Morgan fingerprint density at radius 2 is 2.10 bits per heavy atom. The molecular weight excluding hydrogens is 258 g/mol. The van der Waals surface area contributed by atoms with Gasteiger partial charge in [-0.1, -0.05) is 34.1 Å². The van der Waals surface area contributed by atoms with Gasteiger partial charge in [-0.25, -0.2) is 0 Å². The third-order valence-electron chi connectivity index (χ3n) is 4.80. The Kier molecular flexibility index (Phi) is 8.22. The largest absolute Gasteiger partial charge is 0.316 e. The fourth-order valence-electron chi connectivity index (χ4n) is 3.78. The number of likely N-dealkylation sites (tertiary alicyclic amines) is 1. The first-order valence-electron chi connectivity index (χ1n) is 8.96. The van der Waals surface area contributed by atoms with E-state index in [4.69, 9.17) is 0 Å². The van der Waals surface area contributed by atoms with Crippen LogP contribution in [0.15, 0.2) is 0 Å². The molecule has 2 atom stereocenters. The molecule has 2 unspecified atom stereocenters. The summed E-state index contributed by atoms with van der Waals surface area (Å²) in [5.41, 5.74) is 0.398. The quantitative estimate of drug-likeness (QED) is 0.668. The molecule has 0 aromatic heterocycles. The Hall–Kier alpha value is -0.120. The molecule has 0 bridgehead atoms. The van der Waals surface area contributed by atoms with Gasteiger partial charge < -0.3 is 15.1 Å². The number of nitrogens with one attached hydrogen (secondary N) is 1. The molecule has 3 nitrogen and oxygen atoms in total. The van der Waals surface area contributed by atoms with E-state index in [0.717, 1.165) is 25.0 Å². The van der Waals surface area contributed by atoms with E-state index in [1.807, 2.05) is 0 Å². The van der Waals surface area contributed by atoms with Gasteiger partial charge in [0.1, 0.15) is 0 Å². The first kappa shape index (κ1) is 18.9. The van der Waals surface area contributed by atoms with Gasteiger partial charge >= 0.3 is 0 Å². The highest BCUT2D eigenvalue weighted by Crippen LogP contribution is 2.25. The SMILES string of the molecule is CCCC(C)(CNCC(C)C)CN(C)CC1CCCN1C. The van der Waals surface area contributed by atoms with E-state index in [1.54, 1.807) is 0 Å². The Morgan fingerprint density at radius 1 is 1.38 bits per heavy atom. The molecule has 1 rings (SSSR count). The van der Waals surface area contributed by atoms with Crippen LogP contribution in [0, 0.1) is 11.3 Å². The summed E-state index contributed by atoms with van der Waals surface area (Å²) < 4.78 is 0. The van der Waals surface area contributed by atoms with Crippen molar-refractivity contribution < 1.29 is 0 Å². The van der Waals surface area contributed by atoms with Gasteiger partial charge in [-0.3, -0.25) is 0 Å². The van der Waals surface area contributed by atoms with E-state index in [1.165, 1.54) is 45.3 Å². The topological polar surface area (TPSA) is 18.5 Å². The van der Waals surface area contributed by atoms with Gasteiger partial charge in [-0.2, -0.15) is 0 Å². The smallest absolute Gasteiger partial charge is 0.0220 e. The van der Waals surface area contributed by atoms with Crippen LogP contribution in [-0.2, 0) is 0 Å². The summed E-state index contributed by atoms with van der Waals surface area (Å²) in [6, 6.07) is 0.768. The Bertz CT molecular complexity index is 280. The van der Waals surface area contributed by atoms with Crippen LogP contribution in [0.1, 0.15) is 53.4 Å². The zero-order chi connectivity index (χ0) is 15.9. The molecule has 0 spiro atoms. The van der Waals surface area contributed by atoms with Crippen molar-refractivity contribution in [3.8, 4) is 0 Å². The molecule has 1 aliphatic rings. The number of likely N-dealkylation sites (N-methyl/N-ethyl adjacent to an activating group) is 2. The van der Waals surface area contributed by atoms with Crippen LogP contribution >= 0.6 is 0 Å². The summed E-state index contributed by atoms with van der Waals surface area (Å²) in [6.45, 7) is 15.3. The van der Waals surface area contributed by atoms with Crippen molar-refractivity contribution in [3.63, 3.8) is 0 Å². The van der Waals surface area contributed by atoms with Crippen LogP contribution < -0.4 is 5.32 Å². The number of hydrogen-bond donors (Lipinski definition) is 1. The minimum Gasteiger partial charge on any atom is -0.316 e. The van der Waals surface area contributed by atoms with Crippen LogP contribution in [0.2, 0.25) is 0 Å². The maximum Gasteiger partial charge on any atom is 0.0220 e. The number of hydrogen-bond acceptors (Lipinski definition) is 3. The molecule has 1 aliphatic heterocycles. The van der Waals surface area contributed by atoms with Crippen molar-refractivity contribution in [2.45, 2.75) is 59.4 Å². The summed E-state index contributed by atoms with van der Waals surface area (Å²) >= 11 is 0. The van der Waals surface area contributed by atoms with Crippen molar-refractivity contribution in [2.75, 3.05) is 46.8 Å². The van der Waals surface area contributed by atoms with Gasteiger partial charge in [0, 0.05) is 25.7 Å². The molecule has 0 saturated carbocycles. The molecule has 0 radical (unpaired) electrons. The maximum atomic E-state index is 3.68. The second kappa shape index (κ2) is 9.12. The predicted octanol–water partition coefficient (Wildman–Crippen LogP) is 3.06. The molecule has 3 heteroatoms. The molecule has 126 valence electrons. The van der Waals surface area contributed by atoms with Crippen molar-refractivity contribution in [3.05, 3.63) is 0 Å². The fraction of sp³-hybridized carbons (Fsp3) is 1.00. The highest BCUT2D eigenvalue weighted by Gasteiger charge is 2.28. The molecular formula is C18H39N3. The standard InChI is InChI=1S/C18H39N3/c1-7-10-18(4,14-19-12-16(2)3)15-20(5)13-17-9-8-11-21(17)6/h16-17,19H,7-15H2,1-6H3. The second-order valence-corrected chi connectivity index (χ2v) is 8.06. The molecule has 0 aromatic carbocycles. The van der Waals surface area contributed by atoms with E-state index < -0.39 is 0 Å². The lowest BCUT2D eigenvalue weighted by Crippen LogP contribution is -2.45. The molecule has 1 fully saturated rings. The van der Waals surface area contributed by atoms with Crippen molar-refractivity contribution >= 4 is 0 Å². The normalized spacial score (nSPS) is 23.1. The van der Waals surface area contributed by atoms with E-state index >= 15 is 0 Å². The lowest BCUT2D eigenvalue weighted by atomic mass is 9.84. The zero-order valence-electron chi connectivity index (χ0n) is 15.4. The van der Waals surface area contributed by atoms with Gasteiger partial charge in [-0.05, 0) is 57.8 Å². The number of rotatable bonds is 10. The molecule has 21 heavy (non-hydrogen) atoms. The third-order valence-corrected chi connectivity index (χ3v) is 4.80. The van der Waals surface area contributed by atoms with E-state index in [2.05, 4.69) is 56.9 Å². The van der Waals surface area contributed by atoms with E-state index in [-0.39, 0.29) is 0 Å². The second-order valence-electron chi connectivity index (χ2n) is 8.06. The molecule has 0 amide bonds. The monoisotopic (exact) mass is 297 g/mol. The average molecular weight is 298 g/mol. The minimum atomic E-state index is 0.398. The van der Waals surface area contributed by atoms with Crippen LogP contribution in [0.25, 0.3) is 0 Å². The predicted molar refractivity (Wildman–Crippen MR) is 93.9 cm³/mol. The number of nitrogens with zero attached hydrogens (tertiary/aromatic N) is 2. The molecule has 1 N–H and O–H groups in total. The summed E-state index contributed by atoms with van der Waals surface area (Å²) in [6.07, 6.45) is 5.33. The first-order chi connectivity index (χ1) is 9.86. The summed E-state index contributed by atoms with van der Waals surface area (Å²) in [5, 5.41) is 3.68. The maximum absolute atomic E-state index is 3.68. The lowest BCUT2D eigenvalue weighted by molar-refractivity contribution is 0.143. The van der Waals surface area contributed by atoms with Gasteiger partial charge in [-0.15, -0.1) is 0 Å². The van der Waals surface area contributed by atoms with Gasteiger partial charge in [0.2, 0.25) is 0 Å². The Morgan fingerprint density at radius 3 is 2.62 bits per heavy atom. The zero-order valence-corrected chi connectivity index (χ0v) is 15.4. The van der Waals surface area contributed by atoms with Crippen molar-refractivity contribution in [2.24, 2.45) is 11.3 Å². The molecule has 0 aromatic rings. The Balaban J connectivity index is 2.43. The minimum absolute atomic E-state index is 0.398. The van der Waals surface area contributed by atoms with Crippen LogP contribution in [0.4, 0.5) is 0 Å². The third kappa shape index (κ3) is 7.12. The van der Waals surface area contributed by atoms with E-state index in [9.17, 15) is 0 Å². The first-order valence-corrected chi connectivity index (χ1v) is 8.96. The molecule has 0 aliphatic carbocycles. The average Bonchev–Trinajstić information content (AvgIpc) is 2.74. The highest BCUT2D eigenvalue weighted by atomic mass is 15.2. The van der Waals surface area contributed by atoms with Gasteiger partial charge in [0.25, 0.3) is 0 Å². The summed E-state index contributed by atoms with van der Waals surface area (Å²) in [7, 11) is 4.59. The molecule has 1 saturated heterocycles. The van der Waals surface area contributed by atoms with Crippen molar-refractivity contribution in [1.29, 1.82) is 0 Å². The van der Waals surface area contributed by atoms with Crippen molar-refractivity contribution in [1.82, 2.24) is 15.1 Å². The molecule has 1 heterocycles. The fourth-order valence-corrected chi connectivity index (χ4v) is 3.78. The van der Waals surface area contributed by atoms with Crippen LogP contribution in [0.5, 0.6) is 0 Å². The Labute approximate surface area is 133 Å². The highest BCUT2D eigenvalue weighted by molar-refractivity contribution is 4.84. The van der Waals surface area contributed by atoms with Crippen LogP contribution in [-0.4, -0.2) is 62.7 Å². The van der Waals surface area contributed by atoms with E-state index in [0.29, 0.717) is 5.41 Å². The van der Waals surface area contributed by atoms with Gasteiger partial charge in [0.05, 0.1) is 0 Å².